The minimum absolute atomic E-state index is 0.0846. The molecule has 0 bridgehead atoms. The number of aromatic nitrogens is 4. The van der Waals surface area contributed by atoms with Gasteiger partial charge in [0.25, 0.3) is 5.56 Å². The number of nitrogens with one attached hydrogen (secondary N) is 2. The van der Waals surface area contributed by atoms with Crippen LogP contribution in [0, 0.1) is 13.8 Å². The summed E-state index contributed by atoms with van der Waals surface area (Å²) in [6, 6.07) is 7.83. The van der Waals surface area contributed by atoms with Crippen molar-refractivity contribution in [1.82, 2.24) is 19.9 Å². The fourth-order valence-corrected chi connectivity index (χ4v) is 2.04. The Bertz CT molecular complexity index is 768. The van der Waals surface area contributed by atoms with Crippen LogP contribution in [0.15, 0.2) is 29.1 Å². The third kappa shape index (κ3) is 2.14. The second kappa shape index (κ2) is 4.35. The lowest BCUT2D eigenvalue weighted by molar-refractivity contribution is 0.872. The van der Waals surface area contributed by atoms with Crippen molar-refractivity contribution < 1.29 is 0 Å². The highest BCUT2D eigenvalue weighted by molar-refractivity contribution is 5.74. The Morgan fingerprint density at radius 1 is 1.05 bits per heavy atom. The van der Waals surface area contributed by atoms with E-state index in [1.165, 1.54) is 0 Å². The smallest absolute Gasteiger partial charge is 0.254 e. The molecule has 3 aromatic rings. The molecule has 2 aromatic heterocycles. The highest BCUT2D eigenvalue weighted by Gasteiger charge is 2.07. The lowest BCUT2D eigenvalue weighted by atomic mass is 10.2. The number of hydrogen-bond acceptors (Lipinski definition) is 3. The van der Waals surface area contributed by atoms with Gasteiger partial charge in [0.1, 0.15) is 11.6 Å². The summed E-state index contributed by atoms with van der Waals surface area (Å²) < 4.78 is 0. The van der Waals surface area contributed by atoms with Gasteiger partial charge in [0.15, 0.2) is 0 Å². The Kier molecular flexibility index (Phi) is 2.67. The van der Waals surface area contributed by atoms with E-state index in [0.717, 1.165) is 22.6 Å². The zero-order valence-corrected chi connectivity index (χ0v) is 10.8. The molecular weight excluding hydrogens is 240 g/mol. The first-order valence-electron chi connectivity index (χ1n) is 6.13. The molecule has 0 saturated carbocycles. The van der Waals surface area contributed by atoms with E-state index in [0.29, 0.717) is 17.8 Å². The zero-order chi connectivity index (χ0) is 13.4. The van der Waals surface area contributed by atoms with Crippen LogP contribution in [0.4, 0.5) is 0 Å². The van der Waals surface area contributed by atoms with Crippen LogP contribution in [0.1, 0.15) is 22.9 Å². The van der Waals surface area contributed by atoms with E-state index in [4.69, 9.17) is 0 Å². The number of H-pyrrole nitrogens is 2. The van der Waals surface area contributed by atoms with Crippen LogP contribution >= 0.6 is 0 Å². The average Bonchev–Trinajstić information content (AvgIpc) is 2.78. The first-order chi connectivity index (χ1) is 9.13. The van der Waals surface area contributed by atoms with Gasteiger partial charge in [0, 0.05) is 11.3 Å². The maximum absolute atomic E-state index is 11.7. The molecule has 19 heavy (non-hydrogen) atoms. The Hall–Kier alpha value is -2.43. The third-order valence-corrected chi connectivity index (χ3v) is 3.22. The van der Waals surface area contributed by atoms with Gasteiger partial charge >= 0.3 is 0 Å². The molecule has 96 valence electrons. The maximum Gasteiger partial charge on any atom is 0.254 e. The molecule has 0 fully saturated rings. The van der Waals surface area contributed by atoms with Gasteiger partial charge in [-0.2, -0.15) is 0 Å². The number of nitrogens with zero attached hydrogens (tertiary/aromatic N) is 2. The Labute approximate surface area is 109 Å². The summed E-state index contributed by atoms with van der Waals surface area (Å²) in [5, 5.41) is 0. The second-order valence-corrected chi connectivity index (χ2v) is 4.60. The number of hydrogen-bond donors (Lipinski definition) is 2. The molecule has 0 radical (unpaired) electrons. The topological polar surface area (TPSA) is 74.4 Å². The van der Waals surface area contributed by atoms with Gasteiger partial charge in [-0.15, -0.1) is 0 Å². The molecule has 0 saturated heterocycles. The van der Waals surface area contributed by atoms with Crippen molar-refractivity contribution in [2.24, 2.45) is 0 Å². The van der Waals surface area contributed by atoms with E-state index in [9.17, 15) is 4.79 Å². The second-order valence-electron chi connectivity index (χ2n) is 4.60. The number of rotatable bonds is 2. The van der Waals surface area contributed by atoms with Crippen LogP contribution in [0.25, 0.3) is 11.0 Å². The van der Waals surface area contributed by atoms with Crippen LogP contribution < -0.4 is 5.56 Å². The molecule has 2 N–H and O–H groups in total. The number of imidazole rings is 1. The van der Waals surface area contributed by atoms with Crippen molar-refractivity contribution in [3.63, 3.8) is 0 Å². The monoisotopic (exact) mass is 254 g/mol. The Morgan fingerprint density at radius 3 is 2.53 bits per heavy atom. The van der Waals surface area contributed by atoms with Crippen molar-refractivity contribution in [2.75, 3.05) is 0 Å². The number of aromatic amines is 2. The number of benzene rings is 1. The molecule has 5 heteroatoms. The molecule has 2 heterocycles. The van der Waals surface area contributed by atoms with E-state index in [1.54, 1.807) is 6.92 Å². The van der Waals surface area contributed by atoms with E-state index in [1.807, 2.05) is 31.2 Å². The normalized spacial score (nSPS) is 11.1. The van der Waals surface area contributed by atoms with Crippen LogP contribution in [0.5, 0.6) is 0 Å². The summed E-state index contributed by atoms with van der Waals surface area (Å²) >= 11 is 0. The van der Waals surface area contributed by atoms with Gasteiger partial charge in [0.2, 0.25) is 0 Å². The van der Waals surface area contributed by atoms with E-state index >= 15 is 0 Å². The number of aryl methyl sites for hydroxylation is 1. The summed E-state index contributed by atoms with van der Waals surface area (Å²) in [4.78, 5) is 26.6. The number of para-hydroxylation sites is 2. The Morgan fingerprint density at radius 2 is 1.79 bits per heavy atom. The highest BCUT2D eigenvalue weighted by Crippen LogP contribution is 2.12. The summed E-state index contributed by atoms with van der Waals surface area (Å²) in [5.74, 6) is 1.43. The highest BCUT2D eigenvalue weighted by atomic mass is 16.1. The van der Waals surface area contributed by atoms with Crippen molar-refractivity contribution in [1.29, 1.82) is 0 Å². The summed E-state index contributed by atoms with van der Waals surface area (Å²) in [6.07, 6.45) is 0.491. The third-order valence-electron chi connectivity index (χ3n) is 3.22. The first-order valence-corrected chi connectivity index (χ1v) is 6.13. The van der Waals surface area contributed by atoms with E-state index < -0.39 is 0 Å². The molecule has 0 aliphatic heterocycles. The molecule has 0 aliphatic carbocycles. The zero-order valence-electron chi connectivity index (χ0n) is 10.8. The van der Waals surface area contributed by atoms with Crippen molar-refractivity contribution in [2.45, 2.75) is 20.3 Å². The predicted octanol–water partition coefficient (Wildman–Crippen LogP) is 1.85. The number of fused-ring (bicyclic) bond motifs is 1. The van der Waals surface area contributed by atoms with Crippen molar-refractivity contribution >= 4 is 11.0 Å². The minimum atomic E-state index is -0.0846. The molecule has 0 unspecified atom stereocenters. The Balaban J connectivity index is 1.99. The van der Waals surface area contributed by atoms with Crippen LogP contribution in [-0.4, -0.2) is 19.9 Å². The van der Waals surface area contributed by atoms with Crippen LogP contribution in [0.2, 0.25) is 0 Å². The summed E-state index contributed by atoms with van der Waals surface area (Å²) in [6.45, 7) is 3.61. The SMILES string of the molecule is Cc1nc(Cc2nc3ccccc3[nH]2)[nH]c(=O)c1C. The van der Waals surface area contributed by atoms with Crippen LogP contribution in [-0.2, 0) is 6.42 Å². The molecule has 0 aliphatic rings. The molecule has 5 nitrogen and oxygen atoms in total. The lowest BCUT2D eigenvalue weighted by Crippen LogP contribution is -2.16. The van der Waals surface area contributed by atoms with Gasteiger partial charge in [-0.1, -0.05) is 12.1 Å². The molecule has 0 spiro atoms. The summed E-state index contributed by atoms with van der Waals surface area (Å²) in [7, 11) is 0. The van der Waals surface area contributed by atoms with Gasteiger partial charge in [-0.3, -0.25) is 4.79 Å². The van der Waals surface area contributed by atoms with E-state index in [2.05, 4.69) is 19.9 Å². The van der Waals surface area contributed by atoms with Gasteiger partial charge < -0.3 is 9.97 Å². The average molecular weight is 254 g/mol. The largest absolute Gasteiger partial charge is 0.342 e. The molecule has 0 amide bonds. The predicted molar refractivity (Wildman–Crippen MR) is 73.2 cm³/mol. The minimum Gasteiger partial charge on any atom is -0.342 e. The molecule has 0 atom stereocenters. The van der Waals surface area contributed by atoms with Gasteiger partial charge in [-0.05, 0) is 26.0 Å². The summed E-state index contributed by atoms with van der Waals surface area (Å²) in [5.41, 5.74) is 3.24. The van der Waals surface area contributed by atoms with Crippen LogP contribution in [0.3, 0.4) is 0 Å². The fourth-order valence-electron chi connectivity index (χ4n) is 2.04. The quantitative estimate of drug-likeness (QED) is 0.733. The standard InChI is InChI=1S/C14H14N4O/c1-8-9(2)15-12(18-14(8)19)7-13-16-10-5-3-4-6-11(10)17-13/h3-6H,7H2,1-2H3,(H,16,17)(H,15,18,19). The maximum atomic E-state index is 11.7. The van der Waals surface area contributed by atoms with Crippen molar-refractivity contribution in [3.8, 4) is 0 Å². The molecule has 3 rings (SSSR count). The van der Waals surface area contributed by atoms with Crippen molar-refractivity contribution in [3.05, 3.63) is 57.5 Å². The lowest BCUT2D eigenvalue weighted by Gasteiger charge is -2.02. The first kappa shape index (κ1) is 11.6. The molecular formula is C14H14N4O. The van der Waals surface area contributed by atoms with E-state index in [-0.39, 0.29) is 5.56 Å². The van der Waals surface area contributed by atoms with Gasteiger partial charge in [0.05, 0.1) is 17.5 Å². The van der Waals surface area contributed by atoms with Gasteiger partial charge in [-0.25, -0.2) is 9.97 Å². The fraction of sp³-hybridized carbons (Fsp3) is 0.214. The molecule has 1 aromatic carbocycles.